The average molecular weight is 780 g/mol. The summed E-state index contributed by atoms with van der Waals surface area (Å²) in [6.45, 7) is 8.56. The van der Waals surface area contributed by atoms with E-state index in [1.807, 2.05) is 0 Å². The van der Waals surface area contributed by atoms with Crippen molar-refractivity contribution >= 4 is 63.0 Å². The van der Waals surface area contributed by atoms with Crippen molar-refractivity contribution in [1.82, 2.24) is 10.6 Å². The predicted octanol–water partition coefficient (Wildman–Crippen LogP) is -1.24. The minimum Gasteiger partial charge on any atom is -0.316 e. The molecule has 0 fully saturated rings. The number of rotatable bonds is 5. The molecule has 1 radical (unpaired) electrons. The first-order valence-corrected chi connectivity index (χ1v) is 15.4. The van der Waals surface area contributed by atoms with Gasteiger partial charge in [-0.15, -0.1) is 0 Å². The van der Waals surface area contributed by atoms with Gasteiger partial charge >= 0.3 is 63.0 Å². The molecule has 0 spiro atoms. The van der Waals surface area contributed by atoms with Crippen LogP contribution in [0.1, 0.15) is 13.8 Å². The van der Waals surface area contributed by atoms with E-state index in [1.54, 1.807) is 0 Å². The number of hydrogen-bond donors (Lipinski definition) is 8. The minimum absolute atomic E-state index is 0. The van der Waals surface area contributed by atoms with Crippen LogP contribution in [-0.2, 0) is 80.1 Å². The van der Waals surface area contributed by atoms with Crippen LogP contribution in [0.25, 0.3) is 0 Å². The molecule has 0 rings (SSSR count). The Kier molecular flexibility index (Phi) is 43.2. The summed E-state index contributed by atoms with van der Waals surface area (Å²) in [5.74, 6) is 0. The van der Waals surface area contributed by atoms with Crippen LogP contribution in [-0.4, -0.2) is 104 Å². The van der Waals surface area contributed by atoms with Crippen molar-refractivity contribution in [1.29, 1.82) is 0 Å². The maximum Gasteiger partial charge on any atom is 0.435 e. The van der Waals surface area contributed by atoms with Gasteiger partial charge in [0.15, 0.2) is 0 Å². The first-order valence-electron chi connectivity index (χ1n) is 7.35. The van der Waals surface area contributed by atoms with Crippen LogP contribution in [0.5, 0.6) is 0 Å². The van der Waals surface area contributed by atoms with Crippen molar-refractivity contribution < 1.29 is 118 Å². The fraction of sp³-hybridized carbons (Fsp3) is 1.00. The molecule has 0 aliphatic carbocycles. The standard InChI is InChI=1S/C6H16N2.Cu.6FHO3S/c1-3-7-5-6-8-4-2;;6*1-5(2,3)4/h7-8H,3-6H2,1-2H3;;6*(H,2,3,4). The maximum absolute atomic E-state index is 10.2. The fourth-order valence-electron chi connectivity index (χ4n) is 0.530. The van der Waals surface area contributed by atoms with Crippen molar-refractivity contribution in [3.8, 4) is 0 Å². The van der Waals surface area contributed by atoms with Gasteiger partial charge in [0.2, 0.25) is 0 Å². The van der Waals surface area contributed by atoms with E-state index in [1.165, 1.54) is 0 Å². The summed E-state index contributed by atoms with van der Waals surface area (Å²) in [7, 11) is -31.0. The number of likely N-dealkylation sites (N-methyl/N-ethyl adjacent to an activating group) is 2. The fourth-order valence-corrected chi connectivity index (χ4v) is 0.530. The zero-order chi connectivity index (χ0) is 33.2. The molecule has 253 valence electrons. The summed E-state index contributed by atoms with van der Waals surface area (Å²) >= 11 is 0. The van der Waals surface area contributed by atoms with E-state index in [2.05, 4.69) is 24.5 Å². The molecule has 0 aliphatic rings. The summed E-state index contributed by atoms with van der Waals surface area (Å²) in [4.78, 5) is 0. The van der Waals surface area contributed by atoms with Gasteiger partial charge in [0.05, 0.1) is 0 Å². The van der Waals surface area contributed by atoms with Crippen LogP contribution in [0.3, 0.4) is 0 Å². The van der Waals surface area contributed by atoms with Crippen LogP contribution < -0.4 is 10.6 Å². The first-order chi connectivity index (χ1) is 15.9. The summed E-state index contributed by atoms with van der Waals surface area (Å²) in [6.07, 6.45) is 0. The summed E-state index contributed by atoms with van der Waals surface area (Å²) < 4.78 is 204. The molecule has 8 N–H and O–H groups in total. The molecule has 0 amide bonds. The van der Waals surface area contributed by atoms with Crippen LogP contribution in [0, 0.1) is 0 Å². The molecule has 0 bridgehead atoms. The monoisotopic (exact) mass is 779 g/mol. The molecule has 0 aromatic heterocycles. The molecule has 0 aromatic carbocycles. The second-order valence-corrected chi connectivity index (χ2v) is 9.13. The Morgan fingerprint density at radius 1 is 0.410 bits per heavy atom. The van der Waals surface area contributed by atoms with Gasteiger partial charge in [-0.3, -0.25) is 27.3 Å². The maximum atomic E-state index is 10.2. The second-order valence-electron chi connectivity index (χ2n) is 4.18. The molecule has 33 heteroatoms. The van der Waals surface area contributed by atoms with E-state index in [9.17, 15) is 23.3 Å². The van der Waals surface area contributed by atoms with Gasteiger partial charge in [-0.25, -0.2) is 0 Å². The number of hydrogen-bond acceptors (Lipinski definition) is 14. The predicted molar refractivity (Wildman–Crippen MR) is 113 cm³/mol. The second kappa shape index (κ2) is 29.0. The van der Waals surface area contributed by atoms with Crippen LogP contribution in [0.4, 0.5) is 23.3 Å². The van der Waals surface area contributed by atoms with Crippen molar-refractivity contribution in [2.24, 2.45) is 0 Å². The Bertz CT molecular complexity index is 904. The van der Waals surface area contributed by atoms with E-state index in [4.69, 9.17) is 77.8 Å². The molecular formula is C6H22CuF6N2O18S6. The third-order valence-electron chi connectivity index (χ3n) is 0.979. The van der Waals surface area contributed by atoms with Gasteiger partial charge in [-0.1, -0.05) is 37.2 Å². The van der Waals surface area contributed by atoms with Crippen molar-refractivity contribution in [2.75, 3.05) is 26.2 Å². The summed E-state index contributed by atoms with van der Waals surface area (Å²) in [5.41, 5.74) is 0. The average Bonchev–Trinajstić information content (AvgIpc) is 2.41. The van der Waals surface area contributed by atoms with Crippen LogP contribution >= 0.6 is 0 Å². The van der Waals surface area contributed by atoms with Gasteiger partial charge in [0.1, 0.15) is 0 Å². The van der Waals surface area contributed by atoms with Gasteiger partial charge in [-0.05, 0) is 13.1 Å². The zero-order valence-electron chi connectivity index (χ0n) is 18.4. The molecule has 0 heterocycles. The normalized spacial score (nSPS) is 10.9. The molecule has 0 unspecified atom stereocenters. The van der Waals surface area contributed by atoms with Gasteiger partial charge in [-0.2, -0.15) is 50.5 Å². The van der Waals surface area contributed by atoms with Crippen molar-refractivity contribution in [3.63, 3.8) is 0 Å². The molecule has 0 aromatic rings. The third kappa shape index (κ3) is 2350. The first kappa shape index (κ1) is 58.2. The largest absolute Gasteiger partial charge is 0.435 e. The molecule has 0 saturated heterocycles. The topological polar surface area (TPSA) is 350 Å². The molecule has 20 nitrogen and oxygen atoms in total. The van der Waals surface area contributed by atoms with Crippen molar-refractivity contribution in [3.05, 3.63) is 0 Å². The van der Waals surface area contributed by atoms with E-state index in [0.29, 0.717) is 0 Å². The van der Waals surface area contributed by atoms with Crippen LogP contribution in [0.15, 0.2) is 0 Å². The number of halogens is 6. The van der Waals surface area contributed by atoms with Gasteiger partial charge in [0.25, 0.3) is 0 Å². The number of nitrogens with one attached hydrogen (secondary N) is 2. The molecule has 39 heavy (non-hydrogen) atoms. The van der Waals surface area contributed by atoms with E-state index in [0.717, 1.165) is 26.2 Å². The Morgan fingerprint density at radius 2 is 0.487 bits per heavy atom. The molecule has 0 saturated carbocycles. The van der Waals surface area contributed by atoms with E-state index >= 15 is 0 Å². The van der Waals surface area contributed by atoms with E-state index in [-0.39, 0.29) is 17.1 Å². The Hall–Kier alpha value is -0.521. The molecular weight excluding hydrogens is 758 g/mol. The van der Waals surface area contributed by atoms with Crippen LogP contribution in [0.2, 0.25) is 0 Å². The third-order valence-corrected chi connectivity index (χ3v) is 0.979. The van der Waals surface area contributed by atoms with Crippen molar-refractivity contribution in [2.45, 2.75) is 13.8 Å². The minimum atomic E-state index is -5.17. The van der Waals surface area contributed by atoms with E-state index < -0.39 is 63.0 Å². The van der Waals surface area contributed by atoms with Gasteiger partial charge in [0, 0.05) is 30.2 Å². The quantitative estimate of drug-likeness (QED) is 0.0531. The SMILES string of the molecule is CCNCCNCC.O=S(=O)(O)F.O=S(=O)(O)F.O=S(=O)(O)F.O=S(=O)(O)F.O=S(=O)(O)F.O=S(=O)(O)F.[Cu]. The zero-order valence-corrected chi connectivity index (χ0v) is 24.3. The Labute approximate surface area is 231 Å². The molecule has 0 atom stereocenters. The Morgan fingerprint density at radius 3 is 0.538 bits per heavy atom. The molecule has 0 aliphatic heterocycles. The van der Waals surface area contributed by atoms with Gasteiger partial charge < -0.3 is 10.6 Å². The summed E-state index contributed by atoms with van der Waals surface area (Å²) in [5, 5.41) is 6.44. The Balaban J connectivity index is -0.0000000481. The smallest absolute Gasteiger partial charge is 0.316 e. The summed E-state index contributed by atoms with van der Waals surface area (Å²) in [6, 6.07) is 0.